The third kappa shape index (κ3) is 6.44. The van der Waals surface area contributed by atoms with Gasteiger partial charge in [0, 0.05) is 0 Å². The third-order valence-electron chi connectivity index (χ3n) is 4.89. The Hall–Kier alpha value is -1.39. The lowest BCUT2D eigenvalue weighted by Gasteiger charge is -2.23. The van der Waals surface area contributed by atoms with Crippen LogP contribution in [-0.4, -0.2) is 35.7 Å². The first-order chi connectivity index (χ1) is 11.8. The normalized spacial score (nSPS) is 17.3. The Kier molecular flexibility index (Phi) is 7.03. The van der Waals surface area contributed by atoms with Gasteiger partial charge in [-0.15, -0.1) is 0 Å². The van der Waals surface area contributed by atoms with Crippen molar-refractivity contribution in [3.8, 4) is 5.75 Å². The van der Waals surface area contributed by atoms with Gasteiger partial charge in [0.2, 0.25) is 0 Å². The average Bonchev–Trinajstić information content (AvgIpc) is 2.58. The number of rotatable bonds is 7. The van der Waals surface area contributed by atoms with E-state index in [0.717, 1.165) is 0 Å². The molecule has 0 amide bonds. The molecule has 140 valence electrons. The highest BCUT2D eigenvalue weighted by Crippen LogP contribution is 2.34. The van der Waals surface area contributed by atoms with Crippen LogP contribution in [0, 0.1) is 0 Å². The number of ether oxygens (including phenoxy) is 1. The van der Waals surface area contributed by atoms with E-state index in [1.807, 2.05) is 12.1 Å². The molecule has 0 saturated heterocycles. The van der Waals surface area contributed by atoms with Crippen molar-refractivity contribution in [2.45, 2.75) is 77.4 Å². The van der Waals surface area contributed by atoms with Gasteiger partial charge in [-0.2, -0.15) is 0 Å². The Morgan fingerprint density at radius 3 is 2.56 bits per heavy atom. The van der Waals surface area contributed by atoms with E-state index in [-0.39, 0.29) is 17.9 Å². The lowest BCUT2D eigenvalue weighted by atomic mass is 9.83. The van der Waals surface area contributed by atoms with Crippen molar-refractivity contribution in [3.63, 3.8) is 0 Å². The topological polar surface area (TPSA) is 63.1 Å². The van der Waals surface area contributed by atoms with Crippen LogP contribution in [0.5, 0.6) is 5.75 Å². The van der Waals surface area contributed by atoms with Crippen molar-refractivity contribution in [1.29, 1.82) is 0 Å². The zero-order valence-electron chi connectivity index (χ0n) is 16.2. The highest BCUT2D eigenvalue weighted by atomic mass is 16.5. The number of Topliss-reactive ketones (excluding diaryl/α,β-unsaturated/α-hetero) is 1. The van der Waals surface area contributed by atoms with Crippen LogP contribution in [0.1, 0.15) is 81.6 Å². The quantitative estimate of drug-likeness (QED) is 0.745. The molecule has 4 heteroatoms. The Morgan fingerprint density at radius 2 is 1.96 bits per heavy atom. The molecule has 0 aliphatic heterocycles. The zero-order chi connectivity index (χ0) is 18.4. The molecule has 1 aromatic carbocycles. The molecular formula is C21H34NO3+. The fraction of sp³-hybridized carbons (Fsp3) is 0.667. The van der Waals surface area contributed by atoms with E-state index >= 15 is 0 Å². The Morgan fingerprint density at radius 1 is 1.28 bits per heavy atom. The van der Waals surface area contributed by atoms with Crippen LogP contribution in [0.2, 0.25) is 0 Å². The molecule has 1 aromatic rings. The first kappa shape index (κ1) is 19.9. The van der Waals surface area contributed by atoms with Crippen molar-refractivity contribution in [3.05, 3.63) is 29.3 Å². The van der Waals surface area contributed by atoms with E-state index < -0.39 is 6.10 Å². The molecule has 0 aromatic heterocycles. The smallest absolute Gasteiger partial charge is 0.163 e. The second-order valence-corrected chi connectivity index (χ2v) is 8.42. The molecule has 1 atom stereocenters. The molecule has 1 aliphatic rings. The highest BCUT2D eigenvalue weighted by molar-refractivity contribution is 5.97. The summed E-state index contributed by atoms with van der Waals surface area (Å²) in [7, 11) is 0. The summed E-state index contributed by atoms with van der Waals surface area (Å²) >= 11 is 0. The van der Waals surface area contributed by atoms with E-state index in [4.69, 9.17) is 4.74 Å². The molecule has 0 heterocycles. The predicted molar refractivity (Wildman–Crippen MR) is 100 cm³/mol. The first-order valence-electron chi connectivity index (χ1n) is 9.56. The number of aliphatic hydroxyl groups is 1. The van der Waals surface area contributed by atoms with Crippen molar-refractivity contribution >= 4 is 5.78 Å². The second-order valence-electron chi connectivity index (χ2n) is 8.42. The van der Waals surface area contributed by atoms with E-state index in [0.29, 0.717) is 23.8 Å². The summed E-state index contributed by atoms with van der Waals surface area (Å²) < 4.78 is 5.78. The number of hydrogen-bond acceptors (Lipinski definition) is 3. The standard InChI is InChI=1S/C21H33NO3/c1-15(23)19-12-17(16-8-6-5-7-9-16)10-11-20(19)25-14-18(24)13-22-21(2,3)4/h10-12,16,18,22,24H,5-9,13-14H2,1-4H3/p+1. The van der Waals surface area contributed by atoms with Crippen LogP contribution < -0.4 is 10.1 Å². The summed E-state index contributed by atoms with van der Waals surface area (Å²) in [5.41, 5.74) is 1.96. The van der Waals surface area contributed by atoms with Gasteiger partial charge >= 0.3 is 0 Å². The van der Waals surface area contributed by atoms with Gasteiger partial charge in [-0.3, -0.25) is 4.79 Å². The van der Waals surface area contributed by atoms with Crippen molar-refractivity contribution in [1.82, 2.24) is 0 Å². The van der Waals surface area contributed by atoms with Crippen LogP contribution in [0.25, 0.3) is 0 Å². The summed E-state index contributed by atoms with van der Waals surface area (Å²) in [4.78, 5) is 12.1. The van der Waals surface area contributed by atoms with Crippen LogP contribution in [-0.2, 0) is 0 Å². The molecule has 1 unspecified atom stereocenters. The van der Waals surface area contributed by atoms with Gasteiger partial charge in [0.1, 0.15) is 25.0 Å². The van der Waals surface area contributed by atoms with Crippen LogP contribution in [0.3, 0.4) is 0 Å². The third-order valence-corrected chi connectivity index (χ3v) is 4.89. The molecule has 2 rings (SSSR count). The maximum atomic E-state index is 12.1. The van der Waals surface area contributed by atoms with Crippen molar-refractivity contribution in [2.24, 2.45) is 0 Å². The molecule has 0 radical (unpaired) electrons. The minimum atomic E-state index is -0.558. The van der Waals surface area contributed by atoms with Gasteiger partial charge in [0.15, 0.2) is 5.78 Å². The highest BCUT2D eigenvalue weighted by Gasteiger charge is 2.20. The number of aliphatic hydroxyl groups excluding tert-OH is 1. The zero-order valence-corrected chi connectivity index (χ0v) is 16.2. The predicted octanol–water partition coefficient (Wildman–Crippen LogP) is 3.04. The molecule has 1 saturated carbocycles. The minimum Gasteiger partial charge on any atom is -0.490 e. The largest absolute Gasteiger partial charge is 0.490 e. The lowest BCUT2D eigenvalue weighted by molar-refractivity contribution is -0.722. The summed E-state index contributed by atoms with van der Waals surface area (Å²) in [5.74, 6) is 1.16. The van der Waals surface area contributed by atoms with Crippen LogP contribution >= 0.6 is 0 Å². The molecule has 1 aliphatic carbocycles. The maximum absolute atomic E-state index is 12.1. The second kappa shape index (κ2) is 8.81. The summed E-state index contributed by atoms with van der Waals surface area (Å²) in [6, 6.07) is 5.99. The number of hydrogen-bond donors (Lipinski definition) is 2. The Balaban J connectivity index is 2.01. The van der Waals surface area contributed by atoms with Gasteiger partial charge in [0.25, 0.3) is 0 Å². The molecule has 4 nitrogen and oxygen atoms in total. The summed E-state index contributed by atoms with van der Waals surface area (Å²) in [6.45, 7) is 8.70. The Labute approximate surface area is 152 Å². The maximum Gasteiger partial charge on any atom is 0.163 e. The summed E-state index contributed by atoms with van der Waals surface area (Å²) in [5, 5.41) is 12.2. The number of quaternary nitrogens is 1. The van der Waals surface area contributed by atoms with Gasteiger partial charge in [-0.05, 0) is 64.2 Å². The minimum absolute atomic E-state index is 0.0170. The fourth-order valence-electron chi connectivity index (χ4n) is 3.38. The number of carbonyl (C=O) groups excluding carboxylic acids is 1. The molecule has 1 fully saturated rings. The van der Waals surface area contributed by atoms with Crippen LogP contribution in [0.15, 0.2) is 18.2 Å². The monoisotopic (exact) mass is 348 g/mol. The van der Waals surface area contributed by atoms with E-state index in [9.17, 15) is 9.90 Å². The van der Waals surface area contributed by atoms with Gasteiger partial charge < -0.3 is 15.2 Å². The van der Waals surface area contributed by atoms with E-state index in [1.165, 1.54) is 37.7 Å². The van der Waals surface area contributed by atoms with Gasteiger partial charge in [-0.25, -0.2) is 0 Å². The first-order valence-corrected chi connectivity index (χ1v) is 9.56. The number of nitrogens with two attached hydrogens (primary N) is 1. The molecule has 25 heavy (non-hydrogen) atoms. The molecule has 0 spiro atoms. The SMILES string of the molecule is CC(=O)c1cc(C2CCCCC2)ccc1OCC(O)C[NH2+]C(C)(C)C. The van der Waals surface area contributed by atoms with Gasteiger partial charge in [-0.1, -0.05) is 25.3 Å². The van der Waals surface area contributed by atoms with Crippen LogP contribution in [0.4, 0.5) is 0 Å². The van der Waals surface area contributed by atoms with Gasteiger partial charge in [0.05, 0.1) is 11.1 Å². The number of benzene rings is 1. The fourth-order valence-corrected chi connectivity index (χ4v) is 3.38. The number of carbonyl (C=O) groups is 1. The molecule has 3 N–H and O–H groups in total. The number of ketones is 1. The molecule has 0 bridgehead atoms. The van der Waals surface area contributed by atoms with Crippen molar-refractivity contribution < 1.29 is 20.0 Å². The van der Waals surface area contributed by atoms with E-state index in [1.54, 1.807) is 6.92 Å². The van der Waals surface area contributed by atoms with E-state index in [2.05, 4.69) is 32.2 Å². The lowest BCUT2D eigenvalue weighted by Crippen LogP contribution is -2.96. The Bertz CT molecular complexity index is 571. The molecular weight excluding hydrogens is 314 g/mol. The summed E-state index contributed by atoms with van der Waals surface area (Å²) in [6.07, 6.45) is 5.72. The average molecular weight is 349 g/mol. The van der Waals surface area contributed by atoms with Crippen molar-refractivity contribution in [2.75, 3.05) is 13.2 Å².